The van der Waals surface area contributed by atoms with E-state index in [1.54, 1.807) is 12.1 Å². The van der Waals surface area contributed by atoms with Crippen LogP contribution in [0.5, 0.6) is 0 Å². The van der Waals surface area contributed by atoms with Crippen molar-refractivity contribution in [3.8, 4) is 0 Å². The Morgan fingerprint density at radius 2 is 2.00 bits per heavy atom. The third-order valence-electron chi connectivity index (χ3n) is 2.84. The highest BCUT2D eigenvalue weighted by Gasteiger charge is 2.10. The van der Waals surface area contributed by atoms with Gasteiger partial charge >= 0.3 is 0 Å². The summed E-state index contributed by atoms with van der Waals surface area (Å²) in [5.74, 6) is -1.09. The van der Waals surface area contributed by atoms with Crippen molar-refractivity contribution in [1.29, 1.82) is 0 Å². The summed E-state index contributed by atoms with van der Waals surface area (Å²) in [7, 11) is 0. The first-order chi connectivity index (χ1) is 8.15. The highest BCUT2D eigenvalue weighted by Crippen LogP contribution is 2.17. The molecule has 1 N–H and O–H groups in total. The van der Waals surface area contributed by atoms with Gasteiger partial charge in [-0.05, 0) is 49.9 Å². The Hall–Kier alpha value is -0.960. The molecule has 0 aliphatic heterocycles. The predicted octanol–water partition coefficient (Wildman–Crippen LogP) is 3.53. The Balaban J connectivity index is 2.39. The van der Waals surface area contributed by atoms with Crippen molar-refractivity contribution in [1.82, 2.24) is 5.32 Å². The molecule has 1 nitrogen and oxygen atoms in total. The summed E-state index contributed by atoms with van der Waals surface area (Å²) >= 11 is 0. The summed E-state index contributed by atoms with van der Waals surface area (Å²) in [4.78, 5) is 0. The Kier molecular flexibility index (Phi) is 6.12. The highest BCUT2D eigenvalue weighted by atomic mass is 19.2. The molecule has 1 aromatic rings. The van der Waals surface area contributed by atoms with E-state index in [9.17, 15) is 8.78 Å². The van der Waals surface area contributed by atoms with Crippen molar-refractivity contribution in [2.45, 2.75) is 33.1 Å². The molecule has 0 saturated heterocycles. The highest BCUT2D eigenvalue weighted by molar-refractivity contribution is 5.19. The lowest BCUT2D eigenvalue weighted by molar-refractivity contribution is 0.464. The van der Waals surface area contributed by atoms with E-state index < -0.39 is 11.6 Å². The van der Waals surface area contributed by atoms with Crippen LogP contribution in [-0.2, 0) is 6.42 Å². The van der Waals surface area contributed by atoms with E-state index in [0.717, 1.165) is 32.0 Å². The Morgan fingerprint density at radius 1 is 1.24 bits per heavy atom. The van der Waals surface area contributed by atoms with E-state index in [1.165, 1.54) is 0 Å². The van der Waals surface area contributed by atoms with Crippen LogP contribution in [0.2, 0.25) is 0 Å². The maximum atomic E-state index is 13.4. The van der Waals surface area contributed by atoms with Crippen molar-refractivity contribution in [3.63, 3.8) is 0 Å². The van der Waals surface area contributed by atoms with Crippen LogP contribution in [0, 0.1) is 17.6 Å². The quantitative estimate of drug-likeness (QED) is 0.720. The van der Waals surface area contributed by atoms with Crippen LogP contribution in [0.25, 0.3) is 0 Å². The fraction of sp³-hybridized carbons (Fsp3) is 0.571. The first kappa shape index (κ1) is 14.1. The van der Waals surface area contributed by atoms with Crippen molar-refractivity contribution in [2.75, 3.05) is 13.1 Å². The summed E-state index contributed by atoms with van der Waals surface area (Å²) in [6, 6.07) is 4.39. The van der Waals surface area contributed by atoms with Crippen LogP contribution in [0.3, 0.4) is 0 Å². The summed E-state index contributed by atoms with van der Waals surface area (Å²) in [5, 5.41) is 3.31. The van der Waals surface area contributed by atoms with E-state index in [0.29, 0.717) is 17.9 Å². The van der Waals surface area contributed by atoms with E-state index >= 15 is 0 Å². The van der Waals surface area contributed by atoms with Crippen molar-refractivity contribution in [2.24, 2.45) is 5.92 Å². The number of hydrogen-bond donors (Lipinski definition) is 1. The van der Waals surface area contributed by atoms with Crippen LogP contribution in [0.15, 0.2) is 18.2 Å². The lowest BCUT2D eigenvalue weighted by atomic mass is 9.97. The van der Waals surface area contributed by atoms with Crippen LogP contribution >= 0.6 is 0 Å². The molecule has 0 saturated carbocycles. The van der Waals surface area contributed by atoms with E-state index in [2.05, 4.69) is 19.2 Å². The predicted molar refractivity (Wildman–Crippen MR) is 67.0 cm³/mol. The van der Waals surface area contributed by atoms with E-state index in [-0.39, 0.29) is 0 Å². The number of hydrogen-bond acceptors (Lipinski definition) is 1. The van der Waals surface area contributed by atoms with Gasteiger partial charge in [0, 0.05) is 0 Å². The van der Waals surface area contributed by atoms with Gasteiger partial charge in [-0.2, -0.15) is 0 Å². The summed E-state index contributed by atoms with van der Waals surface area (Å²) in [6.45, 7) is 6.14. The molecule has 0 amide bonds. The molecule has 3 heteroatoms. The van der Waals surface area contributed by atoms with Gasteiger partial charge in [-0.1, -0.05) is 26.0 Å². The molecule has 0 spiro atoms. The molecule has 1 unspecified atom stereocenters. The van der Waals surface area contributed by atoms with Gasteiger partial charge in [0.1, 0.15) is 0 Å². The SMILES string of the molecule is CCCNCCC(C)Cc1cccc(F)c1F. The molecule has 17 heavy (non-hydrogen) atoms. The second kappa shape index (κ2) is 7.38. The minimum Gasteiger partial charge on any atom is -0.317 e. The zero-order chi connectivity index (χ0) is 12.7. The van der Waals surface area contributed by atoms with Crippen molar-refractivity contribution in [3.05, 3.63) is 35.4 Å². The largest absolute Gasteiger partial charge is 0.317 e. The third-order valence-corrected chi connectivity index (χ3v) is 2.84. The summed E-state index contributed by atoms with van der Waals surface area (Å²) in [5.41, 5.74) is 0.480. The van der Waals surface area contributed by atoms with Crippen LogP contribution in [0.1, 0.15) is 32.3 Å². The zero-order valence-corrected chi connectivity index (χ0v) is 10.6. The normalized spacial score (nSPS) is 12.7. The lowest BCUT2D eigenvalue weighted by Gasteiger charge is -2.12. The second-order valence-corrected chi connectivity index (χ2v) is 4.56. The molecular formula is C14H21F2N. The first-order valence-corrected chi connectivity index (χ1v) is 6.28. The molecule has 1 atom stereocenters. The van der Waals surface area contributed by atoms with Gasteiger partial charge in [0.15, 0.2) is 11.6 Å². The smallest absolute Gasteiger partial charge is 0.162 e. The number of benzene rings is 1. The number of rotatable bonds is 7. The monoisotopic (exact) mass is 241 g/mol. The fourth-order valence-corrected chi connectivity index (χ4v) is 1.83. The standard InChI is InChI=1S/C14H21F2N/c1-3-8-17-9-7-11(2)10-12-5-4-6-13(15)14(12)16/h4-6,11,17H,3,7-10H2,1-2H3. The first-order valence-electron chi connectivity index (χ1n) is 6.28. The molecule has 0 aliphatic rings. The number of halogens is 2. The van der Waals surface area contributed by atoms with Gasteiger partial charge in [0.05, 0.1) is 0 Å². The summed E-state index contributed by atoms with van der Waals surface area (Å²) < 4.78 is 26.4. The van der Waals surface area contributed by atoms with Gasteiger partial charge in [0.25, 0.3) is 0 Å². The van der Waals surface area contributed by atoms with Gasteiger partial charge in [0.2, 0.25) is 0 Å². The topological polar surface area (TPSA) is 12.0 Å². The Morgan fingerprint density at radius 3 is 2.71 bits per heavy atom. The minimum absolute atomic E-state index is 0.357. The maximum absolute atomic E-state index is 13.4. The Bertz CT molecular complexity index is 339. The molecule has 0 bridgehead atoms. The molecule has 0 fully saturated rings. The molecule has 96 valence electrons. The van der Waals surface area contributed by atoms with Gasteiger partial charge < -0.3 is 5.32 Å². The number of nitrogens with one attached hydrogen (secondary N) is 1. The maximum Gasteiger partial charge on any atom is 0.162 e. The van der Waals surface area contributed by atoms with Gasteiger partial charge in [-0.3, -0.25) is 0 Å². The van der Waals surface area contributed by atoms with Crippen molar-refractivity contribution >= 4 is 0 Å². The molecule has 0 aromatic heterocycles. The molecule has 0 aliphatic carbocycles. The molecular weight excluding hydrogens is 220 g/mol. The molecule has 1 aromatic carbocycles. The molecule has 0 radical (unpaired) electrons. The second-order valence-electron chi connectivity index (χ2n) is 4.56. The molecule has 0 heterocycles. The van der Waals surface area contributed by atoms with Gasteiger partial charge in [-0.25, -0.2) is 8.78 Å². The zero-order valence-electron chi connectivity index (χ0n) is 10.6. The van der Waals surface area contributed by atoms with E-state index in [4.69, 9.17) is 0 Å². The van der Waals surface area contributed by atoms with Gasteiger partial charge in [-0.15, -0.1) is 0 Å². The van der Waals surface area contributed by atoms with Crippen LogP contribution in [-0.4, -0.2) is 13.1 Å². The minimum atomic E-state index is -0.751. The van der Waals surface area contributed by atoms with Crippen LogP contribution in [0.4, 0.5) is 8.78 Å². The Labute approximate surface area is 102 Å². The van der Waals surface area contributed by atoms with E-state index in [1.807, 2.05) is 0 Å². The molecule has 1 rings (SSSR count). The fourth-order valence-electron chi connectivity index (χ4n) is 1.83. The van der Waals surface area contributed by atoms with Crippen LogP contribution < -0.4 is 5.32 Å². The third kappa shape index (κ3) is 4.82. The lowest BCUT2D eigenvalue weighted by Crippen LogP contribution is -2.19. The average molecular weight is 241 g/mol. The van der Waals surface area contributed by atoms with Crippen molar-refractivity contribution < 1.29 is 8.78 Å². The average Bonchev–Trinajstić information content (AvgIpc) is 2.31. The summed E-state index contributed by atoms with van der Waals surface area (Å²) in [6.07, 6.45) is 2.69.